The van der Waals surface area contributed by atoms with Gasteiger partial charge in [-0.1, -0.05) is 18.2 Å². The molecule has 0 aliphatic carbocycles. The predicted molar refractivity (Wildman–Crippen MR) is 76.9 cm³/mol. The van der Waals surface area contributed by atoms with Crippen LogP contribution in [0.4, 0.5) is 5.69 Å². The molecule has 19 heavy (non-hydrogen) atoms. The molecule has 0 aliphatic heterocycles. The summed E-state index contributed by atoms with van der Waals surface area (Å²) in [6.07, 6.45) is 0.464. The lowest BCUT2D eigenvalue weighted by Crippen LogP contribution is -2.23. The van der Waals surface area contributed by atoms with Gasteiger partial charge in [-0.05, 0) is 36.1 Å². The van der Waals surface area contributed by atoms with E-state index in [0.29, 0.717) is 6.42 Å². The smallest absolute Gasteiger partial charge is 0.242 e. The van der Waals surface area contributed by atoms with Crippen LogP contribution >= 0.6 is 11.3 Å². The summed E-state index contributed by atoms with van der Waals surface area (Å²) in [5, 5.41) is 13.9. The minimum absolute atomic E-state index is 0.249. The summed E-state index contributed by atoms with van der Waals surface area (Å²) in [4.78, 5) is 13.1. The van der Waals surface area contributed by atoms with E-state index in [1.807, 2.05) is 48.7 Å². The number of aryl methyl sites for hydroxylation is 1. The lowest BCUT2D eigenvalue weighted by Gasteiger charge is -2.09. The quantitative estimate of drug-likeness (QED) is 0.926. The number of carbonyl (C=O) groups is 1. The molecule has 1 N–H and O–H groups in total. The predicted octanol–water partition coefficient (Wildman–Crippen LogP) is 3.38. The number of hydrogen-bond acceptors (Lipinski definition) is 3. The van der Waals surface area contributed by atoms with Gasteiger partial charge in [-0.25, -0.2) is 0 Å². The van der Waals surface area contributed by atoms with Crippen molar-refractivity contribution >= 4 is 22.9 Å². The molecule has 0 radical (unpaired) electrons. The Labute approximate surface area is 116 Å². The Hall–Kier alpha value is -2.12. The van der Waals surface area contributed by atoms with Gasteiger partial charge in [0, 0.05) is 17.0 Å². The van der Waals surface area contributed by atoms with Crippen molar-refractivity contribution < 1.29 is 4.79 Å². The fraction of sp³-hybridized carbons (Fsp3) is 0.200. The fourth-order valence-corrected chi connectivity index (χ4v) is 2.53. The maximum absolute atomic E-state index is 12.1. The van der Waals surface area contributed by atoms with Crippen molar-refractivity contribution in [3.63, 3.8) is 0 Å². The van der Waals surface area contributed by atoms with E-state index >= 15 is 0 Å². The molecule has 1 heterocycles. The van der Waals surface area contributed by atoms with Crippen molar-refractivity contribution in [2.75, 3.05) is 5.32 Å². The third kappa shape index (κ3) is 3.67. The summed E-state index contributed by atoms with van der Waals surface area (Å²) >= 11 is 1.56. The van der Waals surface area contributed by atoms with Gasteiger partial charge in [0.25, 0.3) is 0 Å². The molecule has 1 aromatic carbocycles. The zero-order valence-electron chi connectivity index (χ0n) is 10.6. The second-order valence-electron chi connectivity index (χ2n) is 4.32. The highest BCUT2D eigenvalue weighted by Crippen LogP contribution is 2.16. The van der Waals surface area contributed by atoms with Crippen LogP contribution in [0.3, 0.4) is 0 Å². The van der Waals surface area contributed by atoms with Gasteiger partial charge < -0.3 is 5.32 Å². The van der Waals surface area contributed by atoms with Crippen LogP contribution in [0.15, 0.2) is 41.8 Å². The van der Waals surface area contributed by atoms with Gasteiger partial charge in [0.05, 0.1) is 6.07 Å². The van der Waals surface area contributed by atoms with Crippen LogP contribution in [0.2, 0.25) is 0 Å². The van der Waals surface area contributed by atoms with Crippen LogP contribution in [0.25, 0.3) is 0 Å². The molecular weight excluding hydrogens is 256 g/mol. The molecule has 0 spiro atoms. The second-order valence-corrected chi connectivity index (χ2v) is 5.36. The summed E-state index contributed by atoms with van der Waals surface area (Å²) in [5.41, 5.74) is 1.81. The molecule has 1 aromatic heterocycles. The summed E-state index contributed by atoms with van der Waals surface area (Å²) < 4.78 is 0. The highest BCUT2D eigenvalue weighted by atomic mass is 32.1. The third-order valence-corrected chi connectivity index (χ3v) is 3.64. The first-order valence-corrected chi connectivity index (χ1v) is 6.86. The Bertz CT molecular complexity index is 599. The number of amides is 1. The first-order chi connectivity index (χ1) is 9.19. The van der Waals surface area contributed by atoms with E-state index in [2.05, 4.69) is 11.4 Å². The van der Waals surface area contributed by atoms with Crippen LogP contribution in [-0.4, -0.2) is 5.91 Å². The van der Waals surface area contributed by atoms with Crippen molar-refractivity contribution in [3.8, 4) is 6.07 Å². The molecule has 0 unspecified atom stereocenters. The number of rotatable bonds is 4. The maximum atomic E-state index is 12.1. The minimum Gasteiger partial charge on any atom is -0.325 e. The van der Waals surface area contributed by atoms with E-state index in [9.17, 15) is 4.79 Å². The van der Waals surface area contributed by atoms with Gasteiger partial charge in [0.1, 0.15) is 5.92 Å². The van der Waals surface area contributed by atoms with E-state index in [1.165, 1.54) is 0 Å². The van der Waals surface area contributed by atoms with Gasteiger partial charge in [0.2, 0.25) is 5.91 Å². The zero-order valence-corrected chi connectivity index (χ0v) is 11.4. The number of anilines is 1. The van der Waals surface area contributed by atoms with E-state index in [-0.39, 0.29) is 5.91 Å². The van der Waals surface area contributed by atoms with E-state index in [0.717, 1.165) is 16.1 Å². The summed E-state index contributed by atoms with van der Waals surface area (Å²) in [7, 11) is 0. The molecule has 0 saturated carbocycles. The monoisotopic (exact) mass is 270 g/mol. The molecule has 3 nitrogen and oxygen atoms in total. The Kier molecular flexibility index (Phi) is 4.32. The molecule has 4 heteroatoms. The summed E-state index contributed by atoms with van der Waals surface area (Å²) in [5.74, 6) is -0.902. The van der Waals surface area contributed by atoms with Crippen molar-refractivity contribution in [1.82, 2.24) is 0 Å². The van der Waals surface area contributed by atoms with Crippen LogP contribution in [0, 0.1) is 24.2 Å². The molecule has 0 saturated heterocycles. The lowest BCUT2D eigenvalue weighted by molar-refractivity contribution is -0.118. The highest BCUT2D eigenvalue weighted by molar-refractivity contribution is 7.09. The van der Waals surface area contributed by atoms with Gasteiger partial charge >= 0.3 is 0 Å². The molecule has 2 rings (SSSR count). The lowest BCUT2D eigenvalue weighted by atomic mass is 10.1. The van der Waals surface area contributed by atoms with E-state index < -0.39 is 5.92 Å². The Morgan fingerprint density at radius 2 is 2.26 bits per heavy atom. The van der Waals surface area contributed by atoms with Crippen LogP contribution in [0.1, 0.15) is 10.4 Å². The zero-order chi connectivity index (χ0) is 13.7. The topological polar surface area (TPSA) is 52.9 Å². The number of hydrogen-bond donors (Lipinski definition) is 1. The standard InChI is InChI=1S/C15H14N2OS/c1-11-4-2-5-13(8-11)17-15(18)12(10-16)9-14-6-3-7-19-14/h2-8,12H,9H2,1H3,(H,17,18)/t12-/m0/s1. The third-order valence-electron chi connectivity index (χ3n) is 2.74. The number of nitrogens with zero attached hydrogens (tertiary/aromatic N) is 1. The SMILES string of the molecule is Cc1cccc(NC(=O)[C@H](C#N)Cc2cccs2)c1. The van der Waals surface area contributed by atoms with Gasteiger partial charge in [0.15, 0.2) is 0 Å². The second kappa shape index (κ2) is 6.17. The van der Waals surface area contributed by atoms with Gasteiger partial charge in [-0.2, -0.15) is 5.26 Å². The minimum atomic E-state index is -0.654. The van der Waals surface area contributed by atoms with E-state index in [1.54, 1.807) is 11.3 Å². The largest absolute Gasteiger partial charge is 0.325 e. The number of thiophene rings is 1. The van der Waals surface area contributed by atoms with Crippen LogP contribution < -0.4 is 5.32 Å². The van der Waals surface area contributed by atoms with Gasteiger partial charge in [-0.15, -0.1) is 11.3 Å². The molecule has 1 amide bonds. The first-order valence-electron chi connectivity index (χ1n) is 5.98. The van der Waals surface area contributed by atoms with Crippen molar-refractivity contribution in [1.29, 1.82) is 5.26 Å². The van der Waals surface area contributed by atoms with Gasteiger partial charge in [-0.3, -0.25) is 4.79 Å². The fourth-order valence-electron chi connectivity index (χ4n) is 1.78. The average Bonchev–Trinajstić information content (AvgIpc) is 2.88. The molecule has 0 fully saturated rings. The number of nitrogens with one attached hydrogen (secondary N) is 1. The maximum Gasteiger partial charge on any atom is 0.242 e. The highest BCUT2D eigenvalue weighted by Gasteiger charge is 2.19. The number of benzene rings is 1. The Morgan fingerprint density at radius 3 is 2.89 bits per heavy atom. The molecular formula is C15H14N2OS. The molecule has 0 bridgehead atoms. The molecule has 2 aromatic rings. The van der Waals surface area contributed by atoms with Crippen LogP contribution in [0.5, 0.6) is 0 Å². The number of carbonyl (C=O) groups excluding carboxylic acids is 1. The van der Waals surface area contributed by atoms with Crippen molar-refractivity contribution in [3.05, 3.63) is 52.2 Å². The van der Waals surface area contributed by atoms with Crippen LogP contribution in [-0.2, 0) is 11.2 Å². The Morgan fingerprint density at radius 1 is 1.42 bits per heavy atom. The van der Waals surface area contributed by atoms with Crippen molar-refractivity contribution in [2.24, 2.45) is 5.92 Å². The Balaban J connectivity index is 2.03. The van der Waals surface area contributed by atoms with E-state index in [4.69, 9.17) is 5.26 Å². The number of nitriles is 1. The summed E-state index contributed by atoms with van der Waals surface area (Å²) in [6.45, 7) is 1.96. The van der Waals surface area contributed by atoms with Crippen molar-refractivity contribution in [2.45, 2.75) is 13.3 Å². The first kappa shape index (κ1) is 13.3. The molecule has 0 aliphatic rings. The molecule has 96 valence electrons. The molecule has 1 atom stereocenters. The normalized spacial score (nSPS) is 11.6. The summed E-state index contributed by atoms with van der Waals surface area (Å²) in [6, 6.07) is 13.5. The average molecular weight is 270 g/mol.